The lowest BCUT2D eigenvalue weighted by molar-refractivity contribution is 0.300. The van der Waals surface area contributed by atoms with Crippen LogP contribution in [0.3, 0.4) is 0 Å². The van der Waals surface area contributed by atoms with E-state index in [1.54, 1.807) is 0 Å². The molecule has 0 radical (unpaired) electrons. The Balaban J connectivity index is 2.71. The smallest absolute Gasteiger partial charge is 0.135 e. The molecule has 21 heavy (non-hydrogen) atoms. The average molecular weight is 313 g/mol. The molecule has 1 rings (SSSR count). The summed E-state index contributed by atoms with van der Waals surface area (Å²) in [6, 6.07) is 1.87. The zero-order chi connectivity index (χ0) is 15.8. The Bertz CT molecular complexity index is 419. The fraction of sp³-hybridized carbons (Fsp3) is 0.750. The summed E-state index contributed by atoms with van der Waals surface area (Å²) < 4.78 is 0. The Morgan fingerprint density at radius 2 is 1.71 bits per heavy atom. The second-order valence-electron chi connectivity index (χ2n) is 5.52. The first kappa shape index (κ1) is 18.2. The molecule has 0 saturated carbocycles. The zero-order valence-corrected chi connectivity index (χ0v) is 14.8. The minimum atomic E-state index is 0.289. The summed E-state index contributed by atoms with van der Waals surface area (Å²) in [6.45, 7) is 16.0. The van der Waals surface area contributed by atoms with E-state index < -0.39 is 0 Å². The maximum absolute atomic E-state index is 6.14. The van der Waals surface area contributed by atoms with Crippen LogP contribution < -0.4 is 4.90 Å². The summed E-state index contributed by atoms with van der Waals surface area (Å²) in [6.07, 6.45) is 1.13. The molecule has 0 aliphatic heterocycles. The molecule has 1 aromatic rings. The SMILES string of the molecule is CCN(CC)CCCN(CC)c1cc(Cl)nc(C(C)C)n1. The van der Waals surface area contributed by atoms with E-state index in [-0.39, 0.29) is 5.92 Å². The van der Waals surface area contributed by atoms with Crippen LogP contribution in [0.15, 0.2) is 6.07 Å². The minimum Gasteiger partial charge on any atom is -0.357 e. The van der Waals surface area contributed by atoms with Gasteiger partial charge in [0.05, 0.1) is 0 Å². The van der Waals surface area contributed by atoms with Crippen molar-refractivity contribution in [2.45, 2.75) is 47.0 Å². The van der Waals surface area contributed by atoms with E-state index in [4.69, 9.17) is 11.6 Å². The molecule has 0 fully saturated rings. The Morgan fingerprint density at radius 1 is 1.05 bits per heavy atom. The van der Waals surface area contributed by atoms with Gasteiger partial charge < -0.3 is 9.80 Å². The number of hydrogen-bond donors (Lipinski definition) is 0. The van der Waals surface area contributed by atoms with E-state index in [2.05, 4.69) is 54.4 Å². The Labute approximate surface area is 134 Å². The highest BCUT2D eigenvalue weighted by Crippen LogP contribution is 2.20. The van der Waals surface area contributed by atoms with Crippen LogP contribution >= 0.6 is 11.6 Å². The van der Waals surface area contributed by atoms with Crippen molar-refractivity contribution in [3.05, 3.63) is 17.0 Å². The standard InChI is InChI=1S/C16H29ClN4/c1-6-20(7-2)10-9-11-21(8-3)15-12-14(17)18-16(19-15)13(4)5/h12-13H,6-11H2,1-5H3. The van der Waals surface area contributed by atoms with Gasteiger partial charge >= 0.3 is 0 Å². The number of hydrogen-bond acceptors (Lipinski definition) is 4. The monoisotopic (exact) mass is 312 g/mol. The lowest BCUT2D eigenvalue weighted by Crippen LogP contribution is -2.30. The third kappa shape index (κ3) is 5.79. The molecule has 0 aromatic carbocycles. The molecular formula is C16H29ClN4. The van der Waals surface area contributed by atoms with Crippen LogP contribution in [0.1, 0.15) is 52.8 Å². The van der Waals surface area contributed by atoms with Gasteiger partial charge in [0.1, 0.15) is 16.8 Å². The van der Waals surface area contributed by atoms with Crippen molar-refractivity contribution in [3.63, 3.8) is 0 Å². The highest BCUT2D eigenvalue weighted by molar-refractivity contribution is 6.29. The maximum Gasteiger partial charge on any atom is 0.135 e. The van der Waals surface area contributed by atoms with E-state index in [9.17, 15) is 0 Å². The van der Waals surface area contributed by atoms with Crippen molar-refractivity contribution >= 4 is 17.4 Å². The quantitative estimate of drug-likeness (QED) is 0.649. The number of rotatable bonds is 9. The molecule has 0 bridgehead atoms. The van der Waals surface area contributed by atoms with Crippen LogP contribution in [0, 0.1) is 0 Å². The van der Waals surface area contributed by atoms with E-state index in [0.717, 1.165) is 50.8 Å². The predicted octanol–water partition coefficient (Wildman–Crippen LogP) is 3.81. The highest BCUT2D eigenvalue weighted by Gasteiger charge is 2.12. The van der Waals surface area contributed by atoms with Gasteiger partial charge in [0.25, 0.3) is 0 Å². The van der Waals surface area contributed by atoms with Gasteiger partial charge in [-0.3, -0.25) is 0 Å². The molecule has 1 aromatic heterocycles. The summed E-state index contributed by atoms with van der Waals surface area (Å²) in [5.41, 5.74) is 0. The summed E-state index contributed by atoms with van der Waals surface area (Å²) in [7, 11) is 0. The largest absolute Gasteiger partial charge is 0.357 e. The molecule has 4 nitrogen and oxygen atoms in total. The van der Waals surface area contributed by atoms with Gasteiger partial charge in [0.15, 0.2) is 0 Å². The first-order valence-electron chi connectivity index (χ1n) is 8.03. The molecule has 5 heteroatoms. The van der Waals surface area contributed by atoms with E-state index in [1.807, 2.05) is 6.07 Å². The Kier molecular flexibility index (Phi) is 7.97. The van der Waals surface area contributed by atoms with E-state index in [1.165, 1.54) is 0 Å². The van der Waals surface area contributed by atoms with Crippen LogP contribution in [0.4, 0.5) is 5.82 Å². The van der Waals surface area contributed by atoms with Gasteiger partial charge in [0.2, 0.25) is 0 Å². The predicted molar refractivity (Wildman–Crippen MR) is 91.4 cm³/mol. The molecule has 0 spiro atoms. The summed E-state index contributed by atoms with van der Waals surface area (Å²) in [4.78, 5) is 13.7. The Hall–Kier alpha value is -0.870. The maximum atomic E-state index is 6.14. The van der Waals surface area contributed by atoms with Crippen molar-refractivity contribution in [1.82, 2.24) is 14.9 Å². The topological polar surface area (TPSA) is 32.3 Å². The number of anilines is 1. The van der Waals surface area contributed by atoms with Crippen molar-refractivity contribution in [2.75, 3.05) is 37.6 Å². The molecule has 0 amide bonds. The fourth-order valence-electron chi connectivity index (χ4n) is 2.30. The molecule has 0 aliphatic rings. The molecule has 120 valence electrons. The second-order valence-corrected chi connectivity index (χ2v) is 5.91. The van der Waals surface area contributed by atoms with E-state index >= 15 is 0 Å². The summed E-state index contributed by atoms with van der Waals surface area (Å²) in [5, 5.41) is 0.533. The highest BCUT2D eigenvalue weighted by atomic mass is 35.5. The molecular weight excluding hydrogens is 284 g/mol. The lowest BCUT2D eigenvalue weighted by atomic mass is 10.2. The molecule has 0 atom stereocenters. The van der Waals surface area contributed by atoms with Gasteiger partial charge in [-0.1, -0.05) is 39.3 Å². The van der Waals surface area contributed by atoms with Crippen LogP contribution in [-0.4, -0.2) is 47.6 Å². The number of nitrogens with zero attached hydrogens (tertiary/aromatic N) is 4. The van der Waals surface area contributed by atoms with Gasteiger partial charge in [-0.25, -0.2) is 9.97 Å². The third-order valence-electron chi connectivity index (χ3n) is 3.72. The van der Waals surface area contributed by atoms with Gasteiger partial charge in [-0.2, -0.15) is 0 Å². The normalized spacial score (nSPS) is 11.4. The van der Waals surface area contributed by atoms with Crippen molar-refractivity contribution in [1.29, 1.82) is 0 Å². The zero-order valence-electron chi connectivity index (χ0n) is 14.1. The molecule has 0 aliphatic carbocycles. The lowest BCUT2D eigenvalue weighted by Gasteiger charge is -2.25. The van der Waals surface area contributed by atoms with Crippen LogP contribution in [0.5, 0.6) is 0 Å². The number of halogens is 1. The summed E-state index contributed by atoms with van der Waals surface area (Å²) in [5.74, 6) is 2.05. The van der Waals surface area contributed by atoms with Crippen LogP contribution in [0.25, 0.3) is 0 Å². The first-order valence-corrected chi connectivity index (χ1v) is 8.41. The summed E-state index contributed by atoms with van der Waals surface area (Å²) >= 11 is 6.14. The molecule has 1 heterocycles. The van der Waals surface area contributed by atoms with Crippen molar-refractivity contribution < 1.29 is 0 Å². The van der Waals surface area contributed by atoms with Gasteiger partial charge in [-0.15, -0.1) is 0 Å². The first-order chi connectivity index (χ1) is 10.0. The molecule has 0 N–H and O–H groups in total. The molecule has 0 saturated heterocycles. The Morgan fingerprint density at radius 3 is 2.24 bits per heavy atom. The van der Waals surface area contributed by atoms with E-state index in [0.29, 0.717) is 5.15 Å². The second kappa shape index (κ2) is 9.21. The third-order valence-corrected chi connectivity index (χ3v) is 3.91. The van der Waals surface area contributed by atoms with Gasteiger partial charge in [0, 0.05) is 25.1 Å². The molecule has 0 unspecified atom stereocenters. The average Bonchev–Trinajstić information content (AvgIpc) is 2.47. The van der Waals surface area contributed by atoms with Crippen LogP contribution in [-0.2, 0) is 0 Å². The van der Waals surface area contributed by atoms with Crippen molar-refractivity contribution in [3.8, 4) is 0 Å². The minimum absolute atomic E-state index is 0.289. The number of aromatic nitrogens is 2. The van der Waals surface area contributed by atoms with Gasteiger partial charge in [-0.05, 0) is 33.0 Å². The van der Waals surface area contributed by atoms with Crippen molar-refractivity contribution in [2.24, 2.45) is 0 Å². The van der Waals surface area contributed by atoms with Crippen LogP contribution in [0.2, 0.25) is 5.15 Å². The fourth-order valence-corrected chi connectivity index (χ4v) is 2.49.